The van der Waals surface area contributed by atoms with E-state index in [1.54, 1.807) is 0 Å². The lowest BCUT2D eigenvalue weighted by Crippen LogP contribution is -2.40. The van der Waals surface area contributed by atoms with Crippen molar-refractivity contribution in [3.05, 3.63) is 35.4 Å². The van der Waals surface area contributed by atoms with Crippen molar-refractivity contribution in [2.45, 2.75) is 64.1 Å². The zero-order valence-electron chi connectivity index (χ0n) is 12.5. The molecule has 0 spiro atoms. The molecule has 2 heteroatoms. The highest BCUT2D eigenvalue weighted by molar-refractivity contribution is 5.26. The van der Waals surface area contributed by atoms with Crippen molar-refractivity contribution in [2.24, 2.45) is 0 Å². The first-order chi connectivity index (χ1) is 9.09. The van der Waals surface area contributed by atoms with Gasteiger partial charge in [-0.3, -0.25) is 4.90 Å². The Bertz CT molecular complexity index is 396. The molecule has 1 aromatic carbocycles. The van der Waals surface area contributed by atoms with Crippen molar-refractivity contribution < 1.29 is 5.11 Å². The summed E-state index contributed by atoms with van der Waals surface area (Å²) in [4.78, 5) is 2.40. The lowest BCUT2D eigenvalue weighted by molar-refractivity contribution is 0.0394. The highest BCUT2D eigenvalue weighted by atomic mass is 16.3. The second-order valence-electron chi connectivity index (χ2n) is 6.06. The van der Waals surface area contributed by atoms with Crippen LogP contribution in [0.5, 0.6) is 0 Å². The van der Waals surface area contributed by atoms with Crippen molar-refractivity contribution in [1.82, 2.24) is 4.90 Å². The summed E-state index contributed by atoms with van der Waals surface area (Å²) in [5, 5.41) is 10.2. The number of nitrogens with zero attached hydrogens (tertiary/aromatic N) is 1. The van der Waals surface area contributed by atoms with Gasteiger partial charge in [-0.2, -0.15) is 0 Å². The third-order valence-electron chi connectivity index (χ3n) is 4.43. The standard InChI is InChI=1S/C17H27NO/c1-13-8-7-9-15(12-13)17(14(2)19)18(3)16-10-5-4-6-11-16/h7-9,12,14,16-17,19H,4-6,10-11H2,1-3H3/t14-,17-/m1/s1. The van der Waals surface area contributed by atoms with Crippen molar-refractivity contribution in [2.75, 3.05) is 7.05 Å². The molecular formula is C17H27NO. The average molecular weight is 261 g/mol. The van der Waals surface area contributed by atoms with E-state index in [4.69, 9.17) is 0 Å². The summed E-state index contributed by atoms with van der Waals surface area (Å²) < 4.78 is 0. The third-order valence-corrected chi connectivity index (χ3v) is 4.43. The first-order valence-electron chi connectivity index (χ1n) is 7.56. The van der Waals surface area contributed by atoms with Crippen LogP contribution in [-0.4, -0.2) is 29.2 Å². The Hall–Kier alpha value is -0.860. The molecule has 0 heterocycles. The number of rotatable bonds is 4. The van der Waals surface area contributed by atoms with Gasteiger partial charge in [-0.05, 0) is 39.3 Å². The van der Waals surface area contributed by atoms with Crippen LogP contribution in [0.3, 0.4) is 0 Å². The van der Waals surface area contributed by atoms with Gasteiger partial charge >= 0.3 is 0 Å². The largest absolute Gasteiger partial charge is 0.391 e. The maximum atomic E-state index is 10.2. The Morgan fingerprint density at radius 1 is 1.21 bits per heavy atom. The maximum absolute atomic E-state index is 10.2. The molecule has 1 aliphatic rings. The summed E-state index contributed by atoms with van der Waals surface area (Å²) in [6.45, 7) is 4.02. The van der Waals surface area contributed by atoms with E-state index in [0.717, 1.165) is 0 Å². The fourth-order valence-electron chi connectivity index (χ4n) is 3.42. The first kappa shape index (κ1) is 14.5. The van der Waals surface area contributed by atoms with Gasteiger partial charge in [-0.25, -0.2) is 0 Å². The predicted molar refractivity (Wildman–Crippen MR) is 80.2 cm³/mol. The van der Waals surface area contributed by atoms with Gasteiger partial charge < -0.3 is 5.11 Å². The molecule has 0 saturated heterocycles. The third kappa shape index (κ3) is 3.58. The molecule has 0 bridgehead atoms. The second-order valence-corrected chi connectivity index (χ2v) is 6.06. The summed E-state index contributed by atoms with van der Waals surface area (Å²) in [5.74, 6) is 0. The molecule has 2 atom stereocenters. The van der Waals surface area contributed by atoms with Gasteiger partial charge in [-0.15, -0.1) is 0 Å². The van der Waals surface area contributed by atoms with Crippen molar-refractivity contribution >= 4 is 0 Å². The van der Waals surface area contributed by atoms with Crippen LogP contribution in [0.1, 0.15) is 56.2 Å². The monoisotopic (exact) mass is 261 g/mol. The predicted octanol–water partition coefficient (Wildman–Crippen LogP) is 3.68. The van der Waals surface area contributed by atoms with E-state index in [0.29, 0.717) is 6.04 Å². The lowest BCUT2D eigenvalue weighted by Gasteiger charge is -2.39. The van der Waals surface area contributed by atoms with E-state index in [2.05, 4.69) is 43.1 Å². The van der Waals surface area contributed by atoms with Crippen LogP contribution in [0.15, 0.2) is 24.3 Å². The van der Waals surface area contributed by atoms with E-state index < -0.39 is 0 Å². The van der Waals surface area contributed by atoms with Crippen LogP contribution in [0, 0.1) is 6.92 Å². The normalized spacial score (nSPS) is 20.5. The topological polar surface area (TPSA) is 23.5 Å². The Kier molecular flexibility index (Phi) is 5.00. The smallest absolute Gasteiger partial charge is 0.0708 e. The van der Waals surface area contributed by atoms with Crippen LogP contribution < -0.4 is 0 Å². The minimum Gasteiger partial charge on any atom is -0.391 e. The fourth-order valence-corrected chi connectivity index (χ4v) is 3.42. The van der Waals surface area contributed by atoms with Gasteiger partial charge in [0.2, 0.25) is 0 Å². The number of likely N-dealkylation sites (N-methyl/N-ethyl adjacent to an activating group) is 1. The highest BCUT2D eigenvalue weighted by Gasteiger charge is 2.28. The molecule has 106 valence electrons. The molecular weight excluding hydrogens is 234 g/mol. The molecule has 0 aromatic heterocycles. The zero-order chi connectivity index (χ0) is 13.8. The van der Waals surface area contributed by atoms with Crippen molar-refractivity contribution in [3.63, 3.8) is 0 Å². The minimum absolute atomic E-state index is 0.114. The molecule has 0 aliphatic heterocycles. The van der Waals surface area contributed by atoms with Crippen LogP contribution in [0.4, 0.5) is 0 Å². The number of aliphatic hydroxyl groups is 1. The number of hydrogen-bond donors (Lipinski definition) is 1. The maximum Gasteiger partial charge on any atom is 0.0708 e. The van der Waals surface area contributed by atoms with Crippen LogP contribution in [-0.2, 0) is 0 Å². The highest BCUT2D eigenvalue weighted by Crippen LogP contribution is 2.31. The molecule has 1 fully saturated rings. The van der Waals surface area contributed by atoms with Gasteiger partial charge in [0.25, 0.3) is 0 Å². The summed E-state index contributed by atoms with van der Waals surface area (Å²) in [5.41, 5.74) is 2.50. The van der Waals surface area contributed by atoms with E-state index >= 15 is 0 Å². The van der Waals surface area contributed by atoms with Crippen LogP contribution in [0.2, 0.25) is 0 Å². The van der Waals surface area contributed by atoms with Crippen LogP contribution >= 0.6 is 0 Å². The number of hydrogen-bond acceptors (Lipinski definition) is 2. The Balaban J connectivity index is 2.19. The van der Waals surface area contributed by atoms with E-state index in [1.165, 1.54) is 43.2 Å². The summed E-state index contributed by atoms with van der Waals surface area (Å²) >= 11 is 0. The van der Waals surface area contributed by atoms with Gasteiger partial charge in [0.1, 0.15) is 0 Å². The molecule has 1 aliphatic carbocycles. The molecule has 2 rings (SSSR count). The number of aryl methyl sites for hydroxylation is 1. The van der Waals surface area contributed by atoms with E-state index in [-0.39, 0.29) is 12.1 Å². The summed E-state index contributed by atoms with van der Waals surface area (Å²) in [7, 11) is 2.18. The molecule has 0 unspecified atom stereocenters. The van der Waals surface area contributed by atoms with Gasteiger partial charge in [0, 0.05) is 6.04 Å². The number of benzene rings is 1. The van der Waals surface area contributed by atoms with E-state index in [9.17, 15) is 5.11 Å². The molecule has 0 amide bonds. The molecule has 1 aromatic rings. The second kappa shape index (κ2) is 6.53. The molecule has 1 N–H and O–H groups in total. The van der Waals surface area contributed by atoms with Gasteiger partial charge in [0.05, 0.1) is 12.1 Å². The van der Waals surface area contributed by atoms with Gasteiger partial charge in [-0.1, -0.05) is 49.1 Å². The fraction of sp³-hybridized carbons (Fsp3) is 0.647. The molecule has 19 heavy (non-hydrogen) atoms. The molecule has 0 radical (unpaired) electrons. The summed E-state index contributed by atoms with van der Waals surface area (Å²) in [6, 6.07) is 9.29. The van der Waals surface area contributed by atoms with Crippen LogP contribution in [0.25, 0.3) is 0 Å². The Morgan fingerprint density at radius 3 is 2.47 bits per heavy atom. The average Bonchev–Trinajstić information content (AvgIpc) is 2.39. The summed E-state index contributed by atoms with van der Waals surface area (Å²) in [6.07, 6.45) is 6.23. The quantitative estimate of drug-likeness (QED) is 0.893. The molecule has 2 nitrogen and oxygen atoms in total. The number of aliphatic hydroxyl groups excluding tert-OH is 1. The molecule has 1 saturated carbocycles. The van der Waals surface area contributed by atoms with E-state index in [1.807, 2.05) is 6.92 Å². The Labute approximate surface area is 117 Å². The lowest BCUT2D eigenvalue weighted by atomic mass is 9.91. The van der Waals surface area contributed by atoms with Crippen molar-refractivity contribution in [3.8, 4) is 0 Å². The SMILES string of the molecule is Cc1cccc([C@@H]([C@@H](C)O)N(C)C2CCCCC2)c1. The van der Waals surface area contributed by atoms with Crippen molar-refractivity contribution in [1.29, 1.82) is 0 Å². The minimum atomic E-state index is -0.339. The zero-order valence-corrected chi connectivity index (χ0v) is 12.5. The van der Waals surface area contributed by atoms with Gasteiger partial charge in [0.15, 0.2) is 0 Å². The first-order valence-corrected chi connectivity index (χ1v) is 7.56. The Morgan fingerprint density at radius 2 is 1.89 bits per heavy atom.